The number of aromatic hydroxyl groups is 1. The fraction of sp³-hybridized carbons (Fsp3) is 0.118. The SMILES string of the molecule is Cc1ccc(S(=O)(=O)c2c(C)nn(-c3ccccc3)c2O)cc1. The van der Waals surface area contributed by atoms with Gasteiger partial charge in [-0.25, -0.2) is 8.42 Å². The summed E-state index contributed by atoms with van der Waals surface area (Å²) in [7, 11) is -3.84. The van der Waals surface area contributed by atoms with Crippen LogP contribution < -0.4 is 0 Å². The van der Waals surface area contributed by atoms with Crippen LogP contribution in [0.5, 0.6) is 5.88 Å². The van der Waals surface area contributed by atoms with Gasteiger partial charge in [0.25, 0.3) is 0 Å². The van der Waals surface area contributed by atoms with E-state index in [1.807, 2.05) is 13.0 Å². The van der Waals surface area contributed by atoms with Crippen molar-refractivity contribution in [2.75, 3.05) is 0 Å². The Morgan fingerprint density at radius 2 is 1.57 bits per heavy atom. The summed E-state index contributed by atoms with van der Waals surface area (Å²) >= 11 is 0. The molecule has 3 aromatic rings. The fourth-order valence-electron chi connectivity index (χ4n) is 2.40. The summed E-state index contributed by atoms with van der Waals surface area (Å²) in [5.74, 6) is -0.380. The standard InChI is InChI=1S/C17H16N2O3S/c1-12-8-10-15(11-9-12)23(21,22)16-13(2)18-19(17(16)20)14-6-4-3-5-7-14/h3-11,20H,1-2H3. The van der Waals surface area contributed by atoms with Crippen molar-refractivity contribution >= 4 is 9.84 Å². The zero-order chi connectivity index (χ0) is 16.6. The summed E-state index contributed by atoms with van der Waals surface area (Å²) < 4.78 is 26.9. The van der Waals surface area contributed by atoms with Gasteiger partial charge in [0.2, 0.25) is 15.7 Å². The molecule has 0 aliphatic rings. The van der Waals surface area contributed by atoms with E-state index in [2.05, 4.69) is 5.10 Å². The van der Waals surface area contributed by atoms with Crippen LogP contribution in [0.3, 0.4) is 0 Å². The van der Waals surface area contributed by atoms with E-state index in [4.69, 9.17) is 0 Å². The van der Waals surface area contributed by atoms with Gasteiger partial charge in [0.1, 0.15) is 0 Å². The predicted octanol–water partition coefficient (Wildman–Crippen LogP) is 3.03. The molecule has 0 amide bonds. The van der Waals surface area contributed by atoms with Gasteiger partial charge in [-0.2, -0.15) is 9.78 Å². The second kappa shape index (κ2) is 5.55. The van der Waals surface area contributed by atoms with E-state index >= 15 is 0 Å². The average Bonchev–Trinajstić information content (AvgIpc) is 2.84. The first-order valence-electron chi connectivity index (χ1n) is 7.07. The molecule has 0 bridgehead atoms. The summed E-state index contributed by atoms with van der Waals surface area (Å²) in [6.07, 6.45) is 0. The molecule has 5 nitrogen and oxygen atoms in total. The highest BCUT2D eigenvalue weighted by Crippen LogP contribution is 2.33. The highest BCUT2D eigenvalue weighted by atomic mass is 32.2. The first kappa shape index (κ1) is 15.3. The average molecular weight is 328 g/mol. The molecule has 0 aliphatic carbocycles. The van der Waals surface area contributed by atoms with Crippen LogP contribution in [0.15, 0.2) is 64.4 Å². The number of rotatable bonds is 3. The molecule has 3 rings (SSSR count). The maximum Gasteiger partial charge on any atom is 0.234 e. The van der Waals surface area contributed by atoms with E-state index in [0.717, 1.165) is 5.56 Å². The molecule has 0 fully saturated rings. The Morgan fingerprint density at radius 1 is 0.957 bits per heavy atom. The van der Waals surface area contributed by atoms with Crippen molar-refractivity contribution in [2.45, 2.75) is 23.6 Å². The van der Waals surface area contributed by atoms with E-state index in [-0.39, 0.29) is 21.4 Å². The monoisotopic (exact) mass is 328 g/mol. The van der Waals surface area contributed by atoms with E-state index in [1.165, 1.54) is 16.8 Å². The highest BCUT2D eigenvalue weighted by molar-refractivity contribution is 7.91. The van der Waals surface area contributed by atoms with E-state index < -0.39 is 9.84 Å². The summed E-state index contributed by atoms with van der Waals surface area (Å²) in [5, 5.41) is 14.6. The molecule has 0 spiro atoms. The molecule has 0 saturated carbocycles. The first-order chi connectivity index (χ1) is 10.9. The zero-order valence-electron chi connectivity index (χ0n) is 12.8. The lowest BCUT2D eigenvalue weighted by Crippen LogP contribution is -2.03. The van der Waals surface area contributed by atoms with Gasteiger partial charge in [0.15, 0.2) is 4.90 Å². The molecule has 118 valence electrons. The van der Waals surface area contributed by atoms with Gasteiger partial charge in [-0.15, -0.1) is 0 Å². The van der Waals surface area contributed by atoms with Crippen LogP contribution in [0.2, 0.25) is 0 Å². The Morgan fingerprint density at radius 3 is 2.17 bits per heavy atom. The van der Waals surface area contributed by atoms with Gasteiger partial charge in [-0.05, 0) is 38.1 Å². The van der Waals surface area contributed by atoms with E-state index in [9.17, 15) is 13.5 Å². The summed E-state index contributed by atoms with van der Waals surface area (Å²) in [4.78, 5) is -0.0284. The van der Waals surface area contributed by atoms with Crippen LogP contribution in [0, 0.1) is 13.8 Å². The molecule has 0 atom stereocenters. The number of hydrogen-bond acceptors (Lipinski definition) is 4. The molecule has 1 aromatic heterocycles. The fourth-order valence-corrected chi connectivity index (χ4v) is 3.89. The van der Waals surface area contributed by atoms with Gasteiger partial charge >= 0.3 is 0 Å². The topological polar surface area (TPSA) is 72.2 Å². The van der Waals surface area contributed by atoms with Crippen molar-refractivity contribution in [3.63, 3.8) is 0 Å². The van der Waals surface area contributed by atoms with Crippen LogP contribution in [0.25, 0.3) is 5.69 Å². The molecule has 0 aliphatic heterocycles. The minimum absolute atomic E-state index is 0.133. The number of aromatic nitrogens is 2. The maximum absolute atomic E-state index is 12.8. The van der Waals surface area contributed by atoms with Crippen molar-refractivity contribution in [3.05, 3.63) is 65.9 Å². The minimum atomic E-state index is -3.84. The van der Waals surface area contributed by atoms with Gasteiger partial charge in [-0.1, -0.05) is 35.9 Å². The molecular formula is C17H16N2O3S. The molecule has 1 heterocycles. The number of benzene rings is 2. The second-order valence-electron chi connectivity index (χ2n) is 5.30. The number of sulfone groups is 1. The molecule has 0 saturated heterocycles. The van der Waals surface area contributed by atoms with Crippen molar-refractivity contribution in [1.82, 2.24) is 9.78 Å². The van der Waals surface area contributed by atoms with Crippen LogP contribution in [0.4, 0.5) is 0 Å². The summed E-state index contributed by atoms with van der Waals surface area (Å²) in [6.45, 7) is 3.45. The second-order valence-corrected chi connectivity index (χ2v) is 7.19. The number of aryl methyl sites for hydroxylation is 2. The molecule has 0 unspecified atom stereocenters. The minimum Gasteiger partial charge on any atom is -0.492 e. The smallest absolute Gasteiger partial charge is 0.234 e. The van der Waals surface area contributed by atoms with Crippen LogP contribution >= 0.6 is 0 Å². The van der Waals surface area contributed by atoms with Crippen LogP contribution in [0.1, 0.15) is 11.3 Å². The van der Waals surface area contributed by atoms with Crippen molar-refractivity contribution in [2.24, 2.45) is 0 Å². The Labute approximate surface area is 134 Å². The molecule has 1 N–H and O–H groups in total. The van der Waals surface area contributed by atoms with Gasteiger partial charge in [-0.3, -0.25) is 0 Å². The third-order valence-corrected chi connectivity index (χ3v) is 5.49. The Hall–Kier alpha value is -2.60. The maximum atomic E-state index is 12.8. The van der Waals surface area contributed by atoms with Crippen molar-refractivity contribution < 1.29 is 13.5 Å². The predicted molar refractivity (Wildman–Crippen MR) is 86.6 cm³/mol. The molecular weight excluding hydrogens is 312 g/mol. The largest absolute Gasteiger partial charge is 0.492 e. The van der Waals surface area contributed by atoms with E-state index in [1.54, 1.807) is 43.3 Å². The lowest BCUT2D eigenvalue weighted by Gasteiger charge is -2.06. The van der Waals surface area contributed by atoms with Gasteiger partial charge in [0, 0.05) is 0 Å². The highest BCUT2D eigenvalue weighted by Gasteiger charge is 2.29. The Bertz CT molecular complexity index is 944. The van der Waals surface area contributed by atoms with Crippen LogP contribution in [-0.2, 0) is 9.84 Å². The lowest BCUT2D eigenvalue weighted by atomic mass is 10.2. The number of hydrogen-bond donors (Lipinski definition) is 1. The van der Waals surface area contributed by atoms with Gasteiger partial charge < -0.3 is 5.11 Å². The first-order valence-corrected chi connectivity index (χ1v) is 8.55. The number of nitrogens with zero attached hydrogens (tertiary/aromatic N) is 2. The summed E-state index contributed by atoms with van der Waals surface area (Å²) in [6, 6.07) is 15.4. The quantitative estimate of drug-likeness (QED) is 0.802. The van der Waals surface area contributed by atoms with Gasteiger partial charge in [0.05, 0.1) is 16.3 Å². The zero-order valence-corrected chi connectivity index (χ0v) is 13.6. The molecule has 23 heavy (non-hydrogen) atoms. The van der Waals surface area contributed by atoms with Crippen molar-refractivity contribution in [3.8, 4) is 11.6 Å². The molecule has 0 radical (unpaired) electrons. The third kappa shape index (κ3) is 2.61. The molecule has 2 aromatic carbocycles. The normalized spacial score (nSPS) is 11.6. The third-order valence-electron chi connectivity index (χ3n) is 3.58. The Kier molecular flexibility index (Phi) is 3.69. The van der Waals surface area contributed by atoms with Crippen LogP contribution in [-0.4, -0.2) is 23.3 Å². The Balaban J connectivity index is 2.17. The lowest BCUT2D eigenvalue weighted by molar-refractivity contribution is 0.420. The molecule has 6 heteroatoms. The van der Waals surface area contributed by atoms with E-state index in [0.29, 0.717) is 5.69 Å². The summed E-state index contributed by atoms with van der Waals surface area (Å²) in [5.41, 5.74) is 1.82. The number of para-hydroxylation sites is 1. The van der Waals surface area contributed by atoms with Crippen molar-refractivity contribution in [1.29, 1.82) is 0 Å².